The summed E-state index contributed by atoms with van der Waals surface area (Å²) >= 11 is 0. The predicted molar refractivity (Wildman–Crippen MR) is 70.3 cm³/mol. The largest absolute Gasteiger partial charge is 0.367 e. The summed E-state index contributed by atoms with van der Waals surface area (Å²) in [5.74, 6) is -0.159. The van der Waals surface area contributed by atoms with E-state index >= 15 is 0 Å². The number of carbonyl (C=O) groups is 2. The van der Waals surface area contributed by atoms with Crippen LogP contribution in [0.25, 0.3) is 0 Å². The van der Waals surface area contributed by atoms with Crippen LogP contribution >= 0.6 is 0 Å². The zero-order valence-corrected chi connectivity index (χ0v) is 10.8. The minimum absolute atomic E-state index is 0.00859. The van der Waals surface area contributed by atoms with Crippen molar-refractivity contribution in [3.8, 4) is 0 Å². The zero-order valence-electron chi connectivity index (χ0n) is 10.8. The van der Waals surface area contributed by atoms with Gasteiger partial charge in [-0.1, -0.05) is 12.1 Å². The lowest BCUT2D eigenvalue weighted by molar-refractivity contribution is -0.127. The van der Waals surface area contributed by atoms with Gasteiger partial charge in [-0.05, 0) is 23.6 Å². The molecule has 1 aliphatic heterocycles. The van der Waals surface area contributed by atoms with E-state index in [0.717, 1.165) is 23.2 Å². The standard InChI is InChI=1S/C13H17N3O3/c1-14-16-13(18)8-19-7-9-2-4-11-10(6-9)3-5-12(17)15-11/h2,4,6,14H,3,5,7-8H2,1H3,(H,15,17)(H,16,18). The molecule has 0 saturated carbocycles. The molecule has 2 rings (SSSR count). The third-order valence-corrected chi connectivity index (χ3v) is 2.83. The van der Waals surface area contributed by atoms with Crippen LogP contribution in [0.2, 0.25) is 0 Å². The van der Waals surface area contributed by atoms with Crippen molar-refractivity contribution in [3.63, 3.8) is 0 Å². The van der Waals surface area contributed by atoms with Crippen LogP contribution in [0.1, 0.15) is 17.5 Å². The predicted octanol–water partition coefficient (Wildman–Crippen LogP) is 0.338. The van der Waals surface area contributed by atoms with Crippen molar-refractivity contribution in [3.05, 3.63) is 29.3 Å². The van der Waals surface area contributed by atoms with Crippen LogP contribution in [0.4, 0.5) is 5.69 Å². The molecule has 1 aromatic carbocycles. The molecule has 2 amide bonds. The van der Waals surface area contributed by atoms with Gasteiger partial charge >= 0.3 is 0 Å². The molecule has 0 saturated heterocycles. The van der Waals surface area contributed by atoms with Crippen molar-refractivity contribution in [2.75, 3.05) is 19.0 Å². The molecule has 1 heterocycles. The Morgan fingerprint density at radius 3 is 3.05 bits per heavy atom. The number of anilines is 1. The van der Waals surface area contributed by atoms with Gasteiger partial charge in [-0.3, -0.25) is 15.0 Å². The topological polar surface area (TPSA) is 79.5 Å². The van der Waals surface area contributed by atoms with Gasteiger partial charge in [0.25, 0.3) is 5.91 Å². The summed E-state index contributed by atoms with van der Waals surface area (Å²) in [5, 5.41) is 2.83. The molecule has 3 N–H and O–H groups in total. The Labute approximate surface area is 111 Å². The first-order chi connectivity index (χ1) is 9.19. The first-order valence-electron chi connectivity index (χ1n) is 6.14. The fourth-order valence-electron chi connectivity index (χ4n) is 1.96. The van der Waals surface area contributed by atoms with E-state index in [1.54, 1.807) is 7.05 Å². The molecule has 1 aromatic rings. The van der Waals surface area contributed by atoms with Crippen LogP contribution in [-0.2, 0) is 27.4 Å². The Bertz CT molecular complexity index is 488. The van der Waals surface area contributed by atoms with Crippen LogP contribution in [0, 0.1) is 0 Å². The van der Waals surface area contributed by atoms with E-state index in [9.17, 15) is 9.59 Å². The van der Waals surface area contributed by atoms with Crippen molar-refractivity contribution in [1.82, 2.24) is 10.9 Å². The summed E-state index contributed by atoms with van der Waals surface area (Å²) in [6, 6.07) is 5.77. The van der Waals surface area contributed by atoms with Crippen LogP contribution in [0.5, 0.6) is 0 Å². The molecule has 0 fully saturated rings. The van der Waals surface area contributed by atoms with E-state index in [2.05, 4.69) is 16.2 Å². The molecule has 0 aliphatic carbocycles. The normalized spacial score (nSPS) is 13.6. The molecule has 6 heteroatoms. The van der Waals surface area contributed by atoms with E-state index in [1.807, 2.05) is 18.2 Å². The number of ether oxygens (including phenoxy) is 1. The van der Waals surface area contributed by atoms with Crippen molar-refractivity contribution < 1.29 is 14.3 Å². The Hall–Kier alpha value is -1.92. The molecular formula is C13H17N3O3. The van der Waals surface area contributed by atoms with Gasteiger partial charge < -0.3 is 10.1 Å². The minimum atomic E-state index is -0.215. The smallest absolute Gasteiger partial charge is 0.260 e. The second kappa shape index (κ2) is 6.31. The summed E-state index contributed by atoms with van der Waals surface area (Å²) in [5.41, 5.74) is 7.94. The van der Waals surface area contributed by atoms with Gasteiger partial charge in [0.15, 0.2) is 0 Å². The van der Waals surface area contributed by atoms with Crippen LogP contribution in [0.3, 0.4) is 0 Å². The lowest BCUT2D eigenvalue weighted by Crippen LogP contribution is -2.36. The van der Waals surface area contributed by atoms with Crippen LogP contribution in [0.15, 0.2) is 18.2 Å². The molecular weight excluding hydrogens is 246 g/mol. The Morgan fingerprint density at radius 1 is 1.42 bits per heavy atom. The van der Waals surface area contributed by atoms with E-state index in [4.69, 9.17) is 4.74 Å². The third kappa shape index (κ3) is 3.77. The summed E-state index contributed by atoms with van der Waals surface area (Å²) in [4.78, 5) is 22.4. The van der Waals surface area contributed by atoms with Crippen LogP contribution in [-0.4, -0.2) is 25.5 Å². The van der Waals surface area contributed by atoms with E-state index in [0.29, 0.717) is 13.0 Å². The second-order valence-corrected chi connectivity index (χ2v) is 4.33. The fraction of sp³-hybridized carbons (Fsp3) is 0.385. The summed E-state index contributed by atoms with van der Waals surface area (Å²) < 4.78 is 5.31. The fourth-order valence-corrected chi connectivity index (χ4v) is 1.96. The molecule has 0 radical (unpaired) electrons. The molecule has 19 heavy (non-hydrogen) atoms. The van der Waals surface area contributed by atoms with Crippen molar-refractivity contribution in [1.29, 1.82) is 0 Å². The maximum atomic E-state index is 11.2. The van der Waals surface area contributed by atoms with E-state index in [-0.39, 0.29) is 18.4 Å². The number of benzene rings is 1. The number of fused-ring (bicyclic) bond motifs is 1. The Morgan fingerprint density at radius 2 is 2.26 bits per heavy atom. The SMILES string of the molecule is CNNC(=O)COCc1ccc2c(c1)CCC(=O)N2. The highest BCUT2D eigenvalue weighted by molar-refractivity contribution is 5.93. The molecule has 6 nitrogen and oxygen atoms in total. The quantitative estimate of drug-likeness (QED) is 0.669. The van der Waals surface area contributed by atoms with Gasteiger partial charge in [-0.15, -0.1) is 0 Å². The highest BCUT2D eigenvalue weighted by atomic mass is 16.5. The summed E-state index contributed by atoms with van der Waals surface area (Å²) in [6.45, 7) is 0.382. The molecule has 102 valence electrons. The van der Waals surface area contributed by atoms with Crippen molar-refractivity contribution in [2.45, 2.75) is 19.4 Å². The maximum absolute atomic E-state index is 11.2. The number of carbonyl (C=O) groups excluding carboxylic acids is 2. The lowest BCUT2D eigenvalue weighted by atomic mass is 10.0. The molecule has 0 aromatic heterocycles. The van der Waals surface area contributed by atoms with E-state index in [1.165, 1.54) is 0 Å². The van der Waals surface area contributed by atoms with Gasteiger partial charge in [-0.25, -0.2) is 5.43 Å². The van der Waals surface area contributed by atoms with Gasteiger partial charge in [0, 0.05) is 19.2 Å². The highest BCUT2D eigenvalue weighted by Gasteiger charge is 2.14. The Balaban J connectivity index is 1.88. The number of nitrogens with one attached hydrogen (secondary N) is 3. The average Bonchev–Trinajstić information content (AvgIpc) is 2.39. The van der Waals surface area contributed by atoms with Crippen LogP contribution < -0.4 is 16.2 Å². The number of hydrogen-bond donors (Lipinski definition) is 3. The number of hydrogen-bond acceptors (Lipinski definition) is 4. The van der Waals surface area contributed by atoms with Crippen molar-refractivity contribution >= 4 is 17.5 Å². The zero-order chi connectivity index (χ0) is 13.7. The number of hydrazine groups is 1. The lowest BCUT2D eigenvalue weighted by Gasteiger charge is -2.17. The van der Waals surface area contributed by atoms with Crippen molar-refractivity contribution in [2.24, 2.45) is 0 Å². The summed E-state index contributed by atoms with van der Waals surface area (Å²) in [6.07, 6.45) is 1.26. The molecule has 0 unspecified atom stereocenters. The first kappa shape index (κ1) is 13.5. The van der Waals surface area contributed by atoms with Gasteiger partial charge in [0.2, 0.25) is 5.91 Å². The van der Waals surface area contributed by atoms with E-state index < -0.39 is 0 Å². The first-order valence-corrected chi connectivity index (χ1v) is 6.14. The average molecular weight is 263 g/mol. The second-order valence-electron chi connectivity index (χ2n) is 4.33. The number of rotatable bonds is 5. The monoisotopic (exact) mass is 263 g/mol. The summed E-state index contributed by atoms with van der Waals surface area (Å²) in [7, 11) is 1.62. The van der Waals surface area contributed by atoms with Gasteiger partial charge in [-0.2, -0.15) is 0 Å². The Kier molecular flexibility index (Phi) is 4.48. The third-order valence-electron chi connectivity index (χ3n) is 2.83. The van der Waals surface area contributed by atoms with Gasteiger partial charge in [0.05, 0.1) is 6.61 Å². The molecule has 1 aliphatic rings. The number of aryl methyl sites for hydroxylation is 1. The van der Waals surface area contributed by atoms with Gasteiger partial charge in [0.1, 0.15) is 6.61 Å². The number of amides is 2. The minimum Gasteiger partial charge on any atom is -0.367 e. The molecule has 0 spiro atoms. The highest BCUT2D eigenvalue weighted by Crippen LogP contribution is 2.23. The molecule has 0 atom stereocenters. The molecule has 0 bridgehead atoms. The maximum Gasteiger partial charge on any atom is 0.260 e.